The van der Waals surface area contributed by atoms with Crippen molar-refractivity contribution in [2.45, 2.75) is 17.2 Å². The fourth-order valence-corrected chi connectivity index (χ4v) is 3.87. The van der Waals surface area contributed by atoms with Crippen LogP contribution >= 0.6 is 11.3 Å². The number of thiophene rings is 1. The van der Waals surface area contributed by atoms with E-state index in [1.165, 1.54) is 11.3 Å². The Hall–Kier alpha value is -1.28. The predicted molar refractivity (Wildman–Crippen MR) is 75.3 cm³/mol. The summed E-state index contributed by atoms with van der Waals surface area (Å²) in [7, 11) is -3.42. The van der Waals surface area contributed by atoms with Gasteiger partial charge in [-0.3, -0.25) is 4.98 Å². The highest BCUT2D eigenvalue weighted by Crippen LogP contribution is 2.20. The van der Waals surface area contributed by atoms with Gasteiger partial charge in [0.2, 0.25) is 10.0 Å². The molecule has 2 rings (SSSR count). The van der Waals surface area contributed by atoms with Crippen LogP contribution in [0.1, 0.15) is 10.4 Å². The van der Waals surface area contributed by atoms with E-state index >= 15 is 0 Å². The second-order valence-corrected chi connectivity index (χ2v) is 7.09. The van der Waals surface area contributed by atoms with Gasteiger partial charge in [0.1, 0.15) is 4.21 Å². The highest BCUT2D eigenvalue weighted by atomic mass is 32.2. The second kappa shape index (κ2) is 6.25. The Balaban J connectivity index is 1.94. The van der Waals surface area contributed by atoms with Gasteiger partial charge in [-0.25, -0.2) is 13.1 Å². The molecule has 0 atom stereocenters. The van der Waals surface area contributed by atoms with Crippen LogP contribution in [0.5, 0.6) is 0 Å². The van der Waals surface area contributed by atoms with Crippen LogP contribution in [0.25, 0.3) is 0 Å². The van der Waals surface area contributed by atoms with Crippen molar-refractivity contribution in [1.29, 1.82) is 0 Å². The van der Waals surface area contributed by atoms with E-state index in [0.717, 1.165) is 10.4 Å². The number of pyridine rings is 1. The van der Waals surface area contributed by atoms with Gasteiger partial charge in [-0.15, -0.1) is 11.3 Å². The van der Waals surface area contributed by atoms with Crippen molar-refractivity contribution in [3.05, 3.63) is 47.1 Å². The molecule has 2 aromatic rings. The first-order chi connectivity index (χ1) is 9.12. The first-order valence-corrected chi connectivity index (χ1v) is 8.09. The Bertz CT molecular complexity index is 623. The van der Waals surface area contributed by atoms with Gasteiger partial charge in [0.05, 0.1) is 0 Å². The number of hydrogen-bond acceptors (Lipinski definition) is 5. The molecule has 0 saturated heterocycles. The molecule has 2 aromatic heterocycles. The quantitative estimate of drug-likeness (QED) is 0.837. The minimum absolute atomic E-state index is 0.308. The van der Waals surface area contributed by atoms with Gasteiger partial charge in [0, 0.05) is 30.4 Å². The van der Waals surface area contributed by atoms with Gasteiger partial charge in [-0.05, 0) is 36.2 Å². The first-order valence-electron chi connectivity index (χ1n) is 5.79. The molecule has 0 saturated carbocycles. The SMILES string of the molecule is NCc1ccc(S(=O)(=O)NCCc2ccncc2)s1. The topological polar surface area (TPSA) is 85.1 Å². The molecule has 7 heteroatoms. The molecule has 0 amide bonds. The molecule has 19 heavy (non-hydrogen) atoms. The molecule has 2 heterocycles. The van der Waals surface area contributed by atoms with Gasteiger partial charge in [-0.1, -0.05) is 0 Å². The number of sulfonamides is 1. The van der Waals surface area contributed by atoms with E-state index in [-0.39, 0.29) is 0 Å². The molecule has 102 valence electrons. The maximum atomic E-state index is 12.0. The monoisotopic (exact) mass is 297 g/mol. The minimum atomic E-state index is -3.42. The molecule has 0 aromatic carbocycles. The number of nitrogens with zero attached hydrogens (tertiary/aromatic N) is 1. The summed E-state index contributed by atoms with van der Waals surface area (Å²) in [4.78, 5) is 4.77. The molecule has 0 radical (unpaired) electrons. The normalized spacial score (nSPS) is 11.6. The second-order valence-electron chi connectivity index (χ2n) is 3.93. The molecule has 0 spiro atoms. The summed E-state index contributed by atoms with van der Waals surface area (Å²) in [6.45, 7) is 0.722. The van der Waals surface area contributed by atoms with E-state index in [9.17, 15) is 8.42 Å². The van der Waals surface area contributed by atoms with Crippen LogP contribution in [-0.4, -0.2) is 19.9 Å². The number of nitrogens with one attached hydrogen (secondary N) is 1. The summed E-state index contributed by atoms with van der Waals surface area (Å²) >= 11 is 1.20. The van der Waals surface area contributed by atoms with Gasteiger partial charge in [-0.2, -0.15) is 0 Å². The number of nitrogens with two attached hydrogens (primary N) is 1. The highest BCUT2D eigenvalue weighted by Gasteiger charge is 2.15. The standard InChI is InChI=1S/C12H15N3O2S2/c13-9-11-1-2-12(18-11)19(16,17)15-8-5-10-3-6-14-7-4-10/h1-4,6-7,15H,5,8-9,13H2. The van der Waals surface area contributed by atoms with Crippen molar-refractivity contribution < 1.29 is 8.42 Å². The van der Waals surface area contributed by atoms with Crippen LogP contribution in [0.15, 0.2) is 40.9 Å². The third-order valence-corrected chi connectivity index (χ3v) is 5.62. The molecule has 0 aliphatic rings. The molecule has 0 unspecified atom stereocenters. The smallest absolute Gasteiger partial charge is 0.250 e. The van der Waals surface area contributed by atoms with E-state index in [4.69, 9.17) is 5.73 Å². The fourth-order valence-electron chi connectivity index (χ4n) is 1.56. The molecule has 3 N–H and O–H groups in total. The Labute approximate surface area is 116 Å². The maximum absolute atomic E-state index is 12.0. The van der Waals surface area contributed by atoms with Gasteiger partial charge < -0.3 is 5.73 Å². The largest absolute Gasteiger partial charge is 0.326 e. The highest BCUT2D eigenvalue weighted by molar-refractivity contribution is 7.91. The Morgan fingerprint density at radius 3 is 2.58 bits per heavy atom. The predicted octanol–water partition coefficient (Wildman–Crippen LogP) is 1.12. The van der Waals surface area contributed by atoms with Crippen molar-refractivity contribution in [2.24, 2.45) is 5.73 Å². The van der Waals surface area contributed by atoms with E-state index in [0.29, 0.717) is 23.7 Å². The van der Waals surface area contributed by atoms with Crippen LogP contribution in [0, 0.1) is 0 Å². The van der Waals surface area contributed by atoms with Gasteiger partial charge >= 0.3 is 0 Å². The molecule has 0 aliphatic carbocycles. The summed E-state index contributed by atoms with van der Waals surface area (Å²) in [5, 5.41) is 0. The summed E-state index contributed by atoms with van der Waals surface area (Å²) in [5.41, 5.74) is 6.52. The van der Waals surface area contributed by atoms with E-state index in [1.54, 1.807) is 24.5 Å². The van der Waals surface area contributed by atoms with Crippen molar-refractivity contribution in [1.82, 2.24) is 9.71 Å². The lowest BCUT2D eigenvalue weighted by atomic mass is 10.2. The van der Waals surface area contributed by atoms with Crippen LogP contribution in [0.3, 0.4) is 0 Å². The van der Waals surface area contributed by atoms with E-state index in [2.05, 4.69) is 9.71 Å². The summed E-state index contributed by atoms with van der Waals surface area (Å²) in [6, 6.07) is 7.06. The van der Waals surface area contributed by atoms with Crippen molar-refractivity contribution >= 4 is 21.4 Å². The third-order valence-electron chi connectivity index (χ3n) is 2.56. The molecule has 0 aliphatic heterocycles. The average molecular weight is 297 g/mol. The van der Waals surface area contributed by atoms with E-state index < -0.39 is 10.0 Å². The zero-order chi connectivity index (χ0) is 13.7. The first kappa shape index (κ1) is 14.1. The lowest BCUT2D eigenvalue weighted by Gasteiger charge is -2.04. The summed E-state index contributed by atoms with van der Waals surface area (Å²) in [6.07, 6.45) is 4.02. The van der Waals surface area contributed by atoms with Gasteiger partial charge in [0.25, 0.3) is 0 Å². The van der Waals surface area contributed by atoms with Crippen molar-refractivity contribution in [2.75, 3.05) is 6.54 Å². The summed E-state index contributed by atoms with van der Waals surface area (Å²) < 4.78 is 26.9. The molecular formula is C12H15N3O2S2. The van der Waals surface area contributed by atoms with Crippen molar-refractivity contribution in [3.63, 3.8) is 0 Å². The minimum Gasteiger partial charge on any atom is -0.326 e. The average Bonchev–Trinajstić information content (AvgIpc) is 2.89. The van der Waals surface area contributed by atoms with Crippen LogP contribution in [-0.2, 0) is 23.0 Å². The van der Waals surface area contributed by atoms with E-state index in [1.807, 2.05) is 12.1 Å². The van der Waals surface area contributed by atoms with Crippen molar-refractivity contribution in [3.8, 4) is 0 Å². The third kappa shape index (κ3) is 3.84. The molecular weight excluding hydrogens is 282 g/mol. The van der Waals surface area contributed by atoms with Gasteiger partial charge in [0.15, 0.2) is 0 Å². The Morgan fingerprint density at radius 2 is 1.95 bits per heavy atom. The van der Waals surface area contributed by atoms with Crippen LogP contribution in [0.4, 0.5) is 0 Å². The fraction of sp³-hybridized carbons (Fsp3) is 0.250. The molecule has 5 nitrogen and oxygen atoms in total. The van der Waals surface area contributed by atoms with Crippen LogP contribution < -0.4 is 10.5 Å². The molecule has 0 bridgehead atoms. The number of hydrogen-bond donors (Lipinski definition) is 2. The zero-order valence-electron chi connectivity index (χ0n) is 10.2. The lowest BCUT2D eigenvalue weighted by Crippen LogP contribution is -2.25. The zero-order valence-corrected chi connectivity index (χ0v) is 11.9. The number of rotatable bonds is 6. The molecule has 0 fully saturated rings. The number of aromatic nitrogens is 1. The Morgan fingerprint density at radius 1 is 1.21 bits per heavy atom. The lowest BCUT2D eigenvalue weighted by molar-refractivity contribution is 0.584. The maximum Gasteiger partial charge on any atom is 0.250 e. The summed E-state index contributed by atoms with van der Waals surface area (Å²) in [5.74, 6) is 0. The Kier molecular flexibility index (Phi) is 4.65. The van der Waals surface area contributed by atoms with Crippen LogP contribution in [0.2, 0.25) is 0 Å².